The smallest absolute Gasteiger partial charge is 0.186 e. The van der Waals surface area contributed by atoms with E-state index in [1.807, 2.05) is 10.6 Å². The summed E-state index contributed by atoms with van der Waals surface area (Å²) in [7, 11) is 2.15. The lowest BCUT2D eigenvalue weighted by molar-refractivity contribution is 0.198. The highest BCUT2D eigenvalue weighted by molar-refractivity contribution is 7.08. The topological polar surface area (TPSA) is 49.6 Å². The summed E-state index contributed by atoms with van der Waals surface area (Å²) >= 11 is 1.66. The molecule has 0 radical (unpaired) electrons. The molecule has 1 unspecified atom stereocenters. The van der Waals surface area contributed by atoms with E-state index < -0.39 is 0 Å². The highest BCUT2D eigenvalue weighted by Crippen LogP contribution is 2.24. The minimum atomic E-state index is 0.443. The second-order valence-electron chi connectivity index (χ2n) is 7.62. The lowest BCUT2D eigenvalue weighted by Crippen LogP contribution is -2.46. The van der Waals surface area contributed by atoms with E-state index in [9.17, 15) is 0 Å². The summed E-state index contributed by atoms with van der Waals surface area (Å²) in [4.78, 5) is 4.86. The van der Waals surface area contributed by atoms with Gasteiger partial charge < -0.3 is 4.90 Å². The van der Waals surface area contributed by atoms with Crippen molar-refractivity contribution in [1.82, 2.24) is 24.7 Å². The van der Waals surface area contributed by atoms with Gasteiger partial charge in [0, 0.05) is 37.1 Å². The number of anilines is 1. The molecule has 0 N–H and O–H groups in total. The monoisotopic (exact) mass is 404 g/mol. The van der Waals surface area contributed by atoms with Gasteiger partial charge in [-0.15, -0.1) is 15.3 Å². The third-order valence-corrected chi connectivity index (χ3v) is 6.35. The van der Waals surface area contributed by atoms with Crippen molar-refractivity contribution in [3.63, 3.8) is 0 Å². The standard InChI is InChI=1S/C22H24N6S/c1-26(19-8-5-12-27(15-19)14-17-6-3-2-4-7-17)21-10-9-20-23-24-22(28(20)25-21)18-11-13-29-16-18/h2-4,6-7,9-11,13,16,19H,5,8,12,14-15H2,1H3. The first kappa shape index (κ1) is 18.3. The van der Waals surface area contributed by atoms with Crippen LogP contribution in [0, 0.1) is 0 Å². The maximum Gasteiger partial charge on any atom is 0.186 e. The molecule has 3 aromatic heterocycles. The molecule has 1 saturated heterocycles. The van der Waals surface area contributed by atoms with Crippen molar-refractivity contribution in [2.75, 3.05) is 25.0 Å². The lowest BCUT2D eigenvalue weighted by Gasteiger charge is -2.38. The van der Waals surface area contributed by atoms with Gasteiger partial charge in [0.2, 0.25) is 0 Å². The van der Waals surface area contributed by atoms with Gasteiger partial charge in [-0.3, -0.25) is 4.90 Å². The Bertz CT molecular complexity index is 1080. The molecule has 0 saturated carbocycles. The zero-order chi connectivity index (χ0) is 19.6. The van der Waals surface area contributed by atoms with E-state index in [1.165, 1.54) is 18.4 Å². The number of likely N-dealkylation sites (N-methyl/N-ethyl adjacent to an activating group) is 1. The number of thiophene rings is 1. The van der Waals surface area contributed by atoms with Gasteiger partial charge in [-0.05, 0) is 48.5 Å². The lowest BCUT2D eigenvalue weighted by atomic mass is 10.0. The Morgan fingerprint density at radius 2 is 2.00 bits per heavy atom. The molecule has 4 aromatic rings. The van der Waals surface area contributed by atoms with Gasteiger partial charge in [0.05, 0.1) is 0 Å². The summed E-state index contributed by atoms with van der Waals surface area (Å²) in [5, 5.41) is 17.6. The third-order valence-electron chi connectivity index (χ3n) is 5.67. The van der Waals surface area contributed by atoms with Crippen LogP contribution < -0.4 is 4.90 Å². The number of fused-ring (bicyclic) bond motifs is 1. The molecular formula is C22H24N6S. The molecule has 7 heteroatoms. The van der Waals surface area contributed by atoms with Crippen LogP contribution in [0.5, 0.6) is 0 Å². The van der Waals surface area contributed by atoms with E-state index in [0.717, 1.165) is 42.5 Å². The Hall–Kier alpha value is -2.77. The van der Waals surface area contributed by atoms with Crippen molar-refractivity contribution in [2.24, 2.45) is 0 Å². The van der Waals surface area contributed by atoms with Gasteiger partial charge in [0.1, 0.15) is 5.82 Å². The van der Waals surface area contributed by atoms with Crippen LogP contribution in [0.25, 0.3) is 17.0 Å². The molecule has 0 spiro atoms. The SMILES string of the molecule is CN(c1ccc2nnc(-c3ccsc3)n2n1)C1CCCN(Cc2ccccc2)C1. The fraction of sp³-hybridized carbons (Fsp3) is 0.318. The Morgan fingerprint density at radius 3 is 2.83 bits per heavy atom. The van der Waals surface area contributed by atoms with Crippen molar-refractivity contribution in [1.29, 1.82) is 0 Å². The van der Waals surface area contributed by atoms with Crippen LogP contribution in [0.1, 0.15) is 18.4 Å². The summed E-state index contributed by atoms with van der Waals surface area (Å²) in [6.45, 7) is 3.20. The van der Waals surface area contributed by atoms with E-state index in [2.05, 4.69) is 80.3 Å². The third kappa shape index (κ3) is 3.75. The van der Waals surface area contributed by atoms with Gasteiger partial charge in [-0.1, -0.05) is 30.3 Å². The molecule has 1 aliphatic heterocycles. The van der Waals surface area contributed by atoms with Crippen LogP contribution in [-0.2, 0) is 6.54 Å². The average molecular weight is 405 g/mol. The van der Waals surface area contributed by atoms with Gasteiger partial charge in [-0.25, -0.2) is 0 Å². The molecule has 1 fully saturated rings. The maximum atomic E-state index is 4.88. The van der Waals surface area contributed by atoms with E-state index in [4.69, 9.17) is 5.10 Å². The zero-order valence-electron chi connectivity index (χ0n) is 16.5. The van der Waals surface area contributed by atoms with Gasteiger partial charge in [-0.2, -0.15) is 15.9 Å². The van der Waals surface area contributed by atoms with Crippen molar-refractivity contribution in [2.45, 2.75) is 25.4 Å². The quantitative estimate of drug-likeness (QED) is 0.504. The molecular weight excluding hydrogens is 380 g/mol. The highest BCUT2D eigenvalue weighted by Gasteiger charge is 2.24. The highest BCUT2D eigenvalue weighted by atomic mass is 32.1. The molecule has 1 aromatic carbocycles. The van der Waals surface area contributed by atoms with Gasteiger partial charge in [0.25, 0.3) is 0 Å². The summed E-state index contributed by atoms with van der Waals surface area (Å²) < 4.78 is 1.86. The summed E-state index contributed by atoms with van der Waals surface area (Å²) in [6.07, 6.45) is 2.39. The molecule has 29 heavy (non-hydrogen) atoms. The predicted molar refractivity (Wildman–Crippen MR) is 117 cm³/mol. The molecule has 4 heterocycles. The minimum absolute atomic E-state index is 0.443. The number of piperidine rings is 1. The Morgan fingerprint density at radius 1 is 1.10 bits per heavy atom. The van der Waals surface area contributed by atoms with Crippen LogP contribution in [0.3, 0.4) is 0 Å². The summed E-state index contributed by atoms with van der Waals surface area (Å²) in [5.74, 6) is 1.76. The Kier molecular flexibility index (Phi) is 4.99. The number of hydrogen-bond donors (Lipinski definition) is 0. The Balaban J connectivity index is 1.36. The number of rotatable bonds is 5. The minimum Gasteiger partial charge on any atom is -0.354 e. The maximum absolute atomic E-state index is 4.88. The van der Waals surface area contributed by atoms with Crippen LogP contribution in [0.15, 0.2) is 59.3 Å². The molecule has 5 rings (SSSR count). The van der Waals surface area contributed by atoms with Crippen molar-refractivity contribution in [3.8, 4) is 11.4 Å². The number of likely N-dealkylation sites (tertiary alicyclic amines) is 1. The van der Waals surface area contributed by atoms with Crippen molar-refractivity contribution >= 4 is 22.8 Å². The van der Waals surface area contributed by atoms with Crippen LogP contribution in [-0.4, -0.2) is 50.9 Å². The molecule has 1 atom stereocenters. The fourth-order valence-electron chi connectivity index (χ4n) is 4.06. The van der Waals surface area contributed by atoms with Crippen molar-refractivity contribution in [3.05, 3.63) is 64.9 Å². The van der Waals surface area contributed by atoms with Gasteiger partial charge >= 0.3 is 0 Å². The average Bonchev–Trinajstić information content (AvgIpc) is 3.43. The molecule has 0 bridgehead atoms. The molecule has 6 nitrogen and oxygen atoms in total. The van der Waals surface area contributed by atoms with Crippen molar-refractivity contribution < 1.29 is 0 Å². The summed E-state index contributed by atoms with van der Waals surface area (Å²) in [5.41, 5.74) is 3.21. The van der Waals surface area contributed by atoms with E-state index >= 15 is 0 Å². The van der Waals surface area contributed by atoms with Crippen LogP contribution in [0.2, 0.25) is 0 Å². The predicted octanol–water partition coefficient (Wildman–Crippen LogP) is 3.95. The first-order valence-electron chi connectivity index (χ1n) is 10.0. The van der Waals surface area contributed by atoms with E-state index in [0.29, 0.717) is 6.04 Å². The van der Waals surface area contributed by atoms with E-state index in [1.54, 1.807) is 11.3 Å². The van der Waals surface area contributed by atoms with Crippen LogP contribution in [0.4, 0.5) is 5.82 Å². The largest absolute Gasteiger partial charge is 0.354 e. The second kappa shape index (κ2) is 7.93. The fourth-order valence-corrected chi connectivity index (χ4v) is 4.69. The molecule has 0 aliphatic carbocycles. The Labute approximate surface area is 174 Å². The normalized spacial score (nSPS) is 17.6. The molecule has 148 valence electrons. The molecule has 0 amide bonds. The number of nitrogens with zero attached hydrogens (tertiary/aromatic N) is 6. The first-order valence-corrected chi connectivity index (χ1v) is 11.0. The summed E-state index contributed by atoms with van der Waals surface area (Å²) in [6, 6.07) is 17.3. The zero-order valence-corrected chi connectivity index (χ0v) is 17.3. The first-order chi connectivity index (χ1) is 14.3. The number of hydrogen-bond acceptors (Lipinski definition) is 6. The number of benzene rings is 1. The number of aromatic nitrogens is 4. The van der Waals surface area contributed by atoms with E-state index in [-0.39, 0.29) is 0 Å². The van der Waals surface area contributed by atoms with Crippen LogP contribution >= 0.6 is 11.3 Å². The van der Waals surface area contributed by atoms with Gasteiger partial charge in [0.15, 0.2) is 11.5 Å². The molecule has 1 aliphatic rings. The second-order valence-corrected chi connectivity index (χ2v) is 8.40.